The summed E-state index contributed by atoms with van der Waals surface area (Å²) in [6, 6.07) is 12.3. The van der Waals surface area contributed by atoms with Crippen molar-refractivity contribution in [1.29, 1.82) is 0 Å². The highest BCUT2D eigenvalue weighted by Crippen LogP contribution is 2.30. The van der Waals surface area contributed by atoms with Crippen molar-refractivity contribution in [3.05, 3.63) is 58.6 Å². The first-order valence-corrected chi connectivity index (χ1v) is 20.6. The predicted octanol–water partition coefficient (Wildman–Crippen LogP) is 5.70. The first-order chi connectivity index (χ1) is 22.4. The minimum absolute atomic E-state index is 0.228. The van der Waals surface area contributed by atoms with Gasteiger partial charge < -0.3 is 9.80 Å². The number of benzene rings is 2. The molecule has 2 atom stereocenters. The topological polar surface area (TPSA) is 84.5 Å². The van der Waals surface area contributed by atoms with Crippen LogP contribution in [0.4, 0.5) is 5.69 Å². The van der Waals surface area contributed by atoms with E-state index in [1.54, 1.807) is 25.0 Å². The minimum Gasteiger partial charge on any atom is -0.378 e. The number of nitrogens with zero attached hydrogens (tertiary/aromatic N) is 5. The van der Waals surface area contributed by atoms with Crippen molar-refractivity contribution in [3.8, 4) is 0 Å². The van der Waals surface area contributed by atoms with E-state index in [0.717, 1.165) is 49.3 Å². The van der Waals surface area contributed by atoms with Crippen LogP contribution in [0.15, 0.2) is 47.4 Å². The van der Waals surface area contributed by atoms with Crippen LogP contribution in [0, 0.1) is 11.8 Å². The smallest absolute Gasteiger partial charge is 0.282 e. The summed E-state index contributed by atoms with van der Waals surface area (Å²) in [6.45, 7) is 8.26. The number of anilines is 1. The molecular formula is C35H54ClN5O4S2. The molecule has 2 aromatic rings. The number of hydrogen-bond acceptors (Lipinski definition) is 6. The highest BCUT2D eigenvalue weighted by molar-refractivity contribution is 7.89. The Hall–Kier alpha value is -1.73. The molecule has 0 radical (unpaired) electrons. The summed E-state index contributed by atoms with van der Waals surface area (Å²) in [5.41, 5.74) is 3.01. The molecule has 1 saturated heterocycles. The van der Waals surface area contributed by atoms with Crippen molar-refractivity contribution in [2.75, 3.05) is 64.8 Å². The number of hydrogen-bond donors (Lipinski definition) is 0. The fourth-order valence-electron chi connectivity index (χ4n) is 7.46. The molecule has 47 heavy (non-hydrogen) atoms. The van der Waals surface area contributed by atoms with Gasteiger partial charge in [-0.15, -0.1) is 0 Å². The Labute approximate surface area is 289 Å². The van der Waals surface area contributed by atoms with Gasteiger partial charge in [0.25, 0.3) is 10.2 Å². The van der Waals surface area contributed by atoms with E-state index in [1.165, 1.54) is 32.1 Å². The van der Waals surface area contributed by atoms with Gasteiger partial charge in [-0.3, -0.25) is 0 Å². The van der Waals surface area contributed by atoms with Gasteiger partial charge in [0.15, 0.2) is 0 Å². The Morgan fingerprint density at radius 2 is 1.47 bits per heavy atom. The lowest BCUT2D eigenvalue weighted by molar-refractivity contribution is 0.166. The molecule has 262 valence electrons. The molecule has 5 rings (SSSR count). The van der Waals surface area contributed by atoms with Crippen LogP contribution in [-0.4, -0.2) is 101 Å². The largest absolute Gasteiger partial charge is 0.378 e. The zero-order valence-corrected chi connectivity index (χ0v) is 31.0. The van der Waals surface area contributed by atoms with E-state index in [0.29, 0.717) is 43.5 Å². The van der Waals surface area contributed by atoms with Gasteiger partial charge in [-0.05, 0) is 111 Å². The molecule has 12 heteroatoms. The molecule has 0 N–H and O–H groups in total. The standard InChI is InChI=1S/C35H54ClN5O4S2/c1-28-25-39(47(44,45)40-23-18-31-24-33(36)13-12-32(31)27-40)21-8-19-38(26-30-10-6-5-7-11-30)20-9-22-41(29(28)2)46(42,43)35-16-14-34(15-17-35)37(3)4/h12-17,24,28-30H,5-11,18-23,25-27H2,1-4H3/t28-,29-/m1/s1. The second-order valence-corrected chi connectivity index (χ2v) is 18.4. The van der Waals surface area contributed by atoms with Crippen LogP contribution in [0.25, 0.3) is 0 Å². The maximum atomic E-state index is 14.3. The van der Waals surface area contributed by atoms with Crippen molar-refractivity contribution in [3.63, 3.8) is 0 Å². The van der Waals surface area contributed by atoms with Crippen molar-refractivity contribution >= 4 is 37.5 Å². The lowest BCUT2D eigenvalue weighted by Gasteiger charge is -2.39. The van der Waals surface area contributed by atoms with E-state index in [1.807, 2.05) is 63.2 Å². The maximum absolute atomic E-state index is 14.3. The molecule has 0 bridgehead atoms. The minimum atomic E-state index is -3.82. The molecule has 0 aromatic heterocycles. The molecular weight excluding hydrogens is 654 g/mol. The van der Waals surface area contributed by atoms with E-state index in [9.17, 15) is 16.8 Å². The summed E-state index contributed by atoms with van der Waals surface area (Å²) in [6.07, 6.45) is 8.39. The van der Waals surface area contributed by atoms with Crippen molar-refractivity contribution in [2.45, 2.75) is 82.7 Å². The molecule has 0 spiro atoms. The van der Waals surface area contributed by atoms with Gasteiger partial charge in [0.1, 0.15) is 0 Å². The van der Waals surface area contributed by atoms with E-state index < -0.39 is 26.3 Å². The second kappa shape index (κ2) is 15.9. The van der Waals surface area contributed by atoms with E-state index in [2.05, 4.69) is 4.90 Å². The first kappa shape index (κ1) is 36.5. The van der Waals surface area contributed by atoms with Crippen molar-refractivity contribution in [2.24, 2.45) is 11.8 Å². The summed E-state index contributed by atoms with van der Waals surface area (Å²) in [7, 11) is -3.76. The Morgan fingerprint density at radius 3 is 2.15 bits per heavy atom. The molecule has 9 nitrogen and oxygen atoms in total. The van der Waals surface area contributed by atoms with Gasteiger partial charge in [0.05, 0.1) is 4.90 Å². The number of sulfonamides is 1. The summed E-state index contributed by atoms with van der Waals surface area (Å²) in [5.74, 6) is 0.418. The van der Waals surface area contributed by atoms with Crippen molar-refractivity contribution in [1.82, 2.24) is 17.8 Å². The Kier molecular flexibility index (Phi) is 12.3. The zero-order valence-electron chi connectivity index (χ0n) is 28.7. The molecule has 1 aliphatic carbocycles. The normalized spacial score (nSPS) is 24.3. The summed E-state index contributed by atoms with van der Waals surface area (Å²) in [4.78, 5) is 4.68. The maximum Gasteiger partial charge on any atom is 0.282 e. The predicted molar refractivity (Wildman–Crippen MR) is 192 cm³/mol. The van der Waals surface area contributed by atoms with Crippen LogP contribution >= 0.6 is 11.6 Å². The fourth-order valence-corrected chi connectivity index (χ4v) is 11.2. The SMILES string of the molecule is C[C@@H]1CN(S(=O)(=O)N2CCc3cc(Cl)ccc3C2)CCCN(CC2CCCCC2)CCCN(S(=O)(=O)c2ccc(N(C)C)cc2)[C@@H]1C. The molecule has 2 heterocycles. The van der Waals surface area contributed by atoms with Gasteiger partial charge in [0.2, 0.25) is 10.0 Å². The second-order valence-electron chi connectivity index (χ2n) is 14.1. The van der Waals surface area contributed by atoms with Crippen LogP contribution in [0.2, 0.25) is 5.02 Å². The number of rotatable bonds is 7. The molecule has 0 unspecified atom stereocenters. The first-order valence-electron chi connectivity index (χ1n) is 17.4. The summed E-state index contributed by atoms with van der Waals surface area (Å²) in [5, 5.41) is 0.664. The van der Waals surface area contributed by atoms with Gasteiger partial charge in [-0.1, -0.05) is 43.9 Å². The third kappa shape index (κ3) is 8.90. The monoisotopic (exact) mass is 707 g/mol. The van der Waals surface area contributed by atoms with Gasteiger partial charge in [-0.2, -0.15) is 21.3 Å². The van der Waals surface area contributed by atoms with Crippen LogP contribution in [-0.2, 0) is 33.2 Å². The molecule has 2 aliphatic heterocycles. The van der Waals surface area contributed by atoms with E-state index in [4.69, 9.17) is 11.6 Å². The van der Waals surface area contributed by atoms with Crippen LogP contribution in [0.5, 0.6) is 0 Å². The lowest BCUT2D eigenvalue weighted by atomic mass is 9.89. The van der Waals surface area contributed by atoms with E-state index in [-0.39, 0.29) is 17.4 Å². The van der Waals surface area contributed by atoms with E-state index >= 15 is 0 Å². The quantitative estimate of drug-likeness (QED) is 0.367. The average Bonchev–Trinajstić information content (AvgIpc) is 3.05. The van der Waals surface area contributed by atoms with Crippen molar-refractivity contribution < 1.29 is 16.8 Å². The molecule has 2 fully saturated rings. The summed E-state index contributed by atoms with van der Waals surface area (Å²) < 4.78 is 62.1. The van der Waals surface area contributed by atoms with Gasteiger partial charge in [-0.25, -0.2) is 8.42 Å². The molecule has 2 aromatic carbocycles. The zero-order chi connectivity index (χ0) is 33.8. The third-order valence-electron chi connectivity index (χ3n) is 10.5. The Morgan fingerprint density at radius 1 is 0.787 bits per heavy atom. The number of halogens is 1. The molecule has 3 aliphatic rings. The highest BCUT2D eigenvalue weighted by atomic mass is 35.5. The summed E-state index contributed by atoms with van der Waals surface area (Å²) >= 11 is 6.22. The highest BCUT2D eigenvalue weighted by Gasteiger charge is 2.37. The van der Waals surface area contributed by atoms with Gasteiger partial charge >= 0.3 is 0 Å². The van der Waals surface area contributed by atoms with Crippen LogP contribution < -0.4 is 4.90 Å². The van der Waals surface area contributed by atoms with Crippen LogP contribution in [0.3, 0.4) is 0 Å². The number of fused-ring (bicyclic) bond motifs is 1. The van der Waals surface area contributed by atoms with Crippen LogP contribution in [0.1, 0.15) is 69.9 Å². The molecule has 0 amide bonds. The lowest BCUT2D eigenvalue weighted by Crippen LogP contribution is -2.51. The molecule has 1 saturated carbocycles. The Bertz CT molecular complexity index is 1550. The third-order valence-corrected chi connectivity index (χ3v) is 14.7. The average molecular weight is 708 g/mol. The Balaban J connectivity index is 1.42. The van der Waals surface area contributed by atoms with Gasteiger partial charge in [0, 0.05) is 70.1 Å². The fraction of sp³-hybridized carbons (Fsp3) is 0.657.